The summed E-state index contributed by atoms with van der Waals surface area (Å²) in [5.41, 5.74) is 0. The Morgan fingerprint density at radius 2 is 0.759 bits per heavy atom. The first kappa shape index (κ1) is 22.1. The van der Waals surface area contributed by atoms with Crippen molar-refractivity contribution < 1.29 is 13.6 Å². The second-order valence-corrected chi connectivity index (χ2v) is 16.0. The van der Waals surface area contributed by atoms with Crippen LogP contribution < -0.4 is 15.9 Å². The standard InChI is InChI=1S/C24H32O3P2/c1-4-25-29(26-5-2,27-6-3)28(22-16-10-7-11-17-22,23-18-12-8-13-19-23)24-20-14-9-15-21-24/h7-21,28-29H,4-6H2,1-3H3. The van der Waals surface area contributed by atoms with Crippen LogP contribution in [0, 0.1) is 0 Å². The molecule has 3 nitrogen and oxygen atoms in total. The first-order valence-electron chi connectivity index (χ1n) is 10.3. The molecule has 0 bridgehead atoms. The van der Waals surface area contributed by atoms with Crippen LogP contribution in [0.25, 0.3) is 0 Å². The van der Waals surface area contributed by atoms with E-state index in [2.05, 4.69) is 91.0 Å². The summed E-state index contributed by atoms with van der Waals surface area (Å²) >= 11 is 0. The van der Waals surface area contributed by atoms with E-state index in [1.807, 2.05) is 20.8 Å². The van der Waals surface area contributed by atoms with Gasteiger partial charge in [0.2, 0.25) is 0 Å². The van der Waals surface area contributed by atoms with E-state index in [-0.39, 0.29) is 0 Å². The number of hydrogen-bond donors (Lipinski definition) is 0. The van der Waals surface area contributed by atoms with Crippen molar-refractivity contribution in [3.05, 3.63) is 91.0 Å². The Labute approximate surface area is 175 Å². The molecular weight excluding hydrogens is 398 g/mol. The van der Waals surface area contributed by atoms with Gasteiger partial charge in [-0.05, 0) is 0 Å². The fourth-order valence-corrected chi connectivity index (χ4v) is 18.2. The second-order valence-electron chi connectivity index (χ2n) is 6.70. The van der Waals surface area contributed by atoms with Crippen LogP contribution in [0.2, 0.25) is 0 Å². The molecule has 3 aromatic rings. The molecule has 0 aliphatic rings. The summed E-state index contributed by atoms with van der Waals surface area (Å²) < 4.78 is 19.8. The van der Waals surface area contributed by atoms with Crippen LogP contribution >= 0.6 is 14.6 Å². The maximum atomic E-state index is 6.60. The fourth-order valence-electron chi connectivity index (χ4n) is 4.11. The summed E-state index contributed by atoms with van der Waals surface area (Å²) in [6, 6.07) is 32.1. The van der Waals surface area contributed by atoms with E-state index >= 15 is 0 Å². The Hall–Kier alpha value is -1.60. The zero-order valence-electron chi connectivity index (χ0n) is 17.5. The van der Waals surface area contributed by atoms with E-state index in [0.717, 1.165) is 0 Å². The van der Waals surface area contributed by atoms with Crippen molar-refractivity contribution in [2.24, 2.45) is 0 Å². The first-order valence-corrected chi connectivity index (χ1v) is 15.1. The van der Waals surface area contributed by atoms with Crippen LogP contribution in [0.4, 0.5) is 0 Å². The van der Waals surface area contributed by atoms with Gasteiger partial charge in [-0.3, -0.25) is 0 Å². The molecule has 0 unspecified atom stereocenters. The monoisotopic (exact) mass is 430 g/mol. The average Bonchev–Trinajstić information content (AvgIpc) is 2.77. The van der Waals surface area contributed by atoms with Crippen molar-refractivity contribution >= 4 is 30.5 Å². The van der Waals surface area contributed by atoms with Gasteiger partial charge >= 0.3 is 176 Å². The molecule has 0 fully saturated rings. The molecule has 0 saturated carbocycles. The molecule has 0 amide bonds. The van der Waals surface area contributed by atoms with Crippen molar-refractivity contribution in [2.45, 2.75) is 20.8 Å². The van der Waals surface area contributed by atoms with Gasteiger partial charge < -0.3 is 0 Å². The van der Waals surface area contributed by atoms with E-state index in [0.29, 0.717) is 19.8 Å². The Kier molecular flexibility index (Phi) is 7.95. The molecule has 5 heteroatoms. The third-order valence-corrected chi connectivity index (χ3v) is 18.3. The third kappa shape index (κ3) is 4.17. The molecule has 0 aliphatic carbocycles. The Morgan fingerprint density at radius 3 is 1.00 bits per heavy atom. The van der Waals surface area contributed by atoms with E-state index in [1.54, 1.807) is 0 Å². The van der Waals surface area contributed by atoms with Crippen molar-refractivity contribution in [1.82, 2.24) is 0 Å². The van der Waals surface area contributed by atoms with Crippen LogP contribution in [0.1, 0.15) is 20.8 Å². The quantitative estimate of drug-likeness (QED) is 0.412. The Morgan fingerprint density at radius 1 is 0.483 bits per heavy atom. The number of hydrogen-bond acceptors (Lipinski definition) is 3. The summed E-state index contributed by atoms with van der Waals surface area (Å²) in [5.74, 6) is 0. The molecule has 0 heterocycles. The van der Waals surface area contributed by atoms with Gasteiger partial charge in [-0.25, -0.2) is 0 Å². The van der Waals surface area contributed by atoms with Crippen molar-refractivity contribution in [3.8, 4) is 0 Å². The minimum atomic E-state index is -3.16. The van der Waals surface area contributed by atoms with Crippen LogP contribution in [0.15, 0.2) is 91.0 Å². The minimum absolute atomic E-state index is 0.549. The Bertz CT molecular complexity index is 743. The molecule has 156 valence electrons. The molecule has 0 saturated heterocycles. The topological polar surface area (TPSA) is 27.7 Å². The predicted molar refractivity (Wildman–Crippen MR) is 130 cm³/mol. The number of rotatable bonds is 10. The first-order chi connectivity index (χ1) is 14.2. The molecule has 0 aromatic heterocycles. The predicted octanol–water partition coefficient (Wildman–Crippen LogP) is 5.23. The molecule has 3 rings (SSSR count). The van der Waals surface area contributed by atoms with E-state index in [4.69, 9.17) is 13.6 Å². The van der Waals surface area contributed by atoms with Gasteiger partial charge in [-0.1, -0.05) is 0 Å². The fraction of sp³-hybridized carbons (Fsp3) is 0.250. The van der Waals surface area contributed by atoms with Crippen LogP contribution in [-0.2, 0) is 13.6 Å². The van der Waals surface area contributed by atoms with Crippen molar-refractivity contribution in [3.63, 3.8) is 0 Å². The summed E-state index contributed by atoms with van der Waals surface area (Å²) in [5, 5.41) is 3.75. The zero-order valence-corrected chi connectivity index (χ0v) is 19.5. The molecule has 0 atom stereocenters. The van der Waals surface area contributed by atoms with Crippen molar-refractivity contribution in [2.75, 3.05) is 19.8 Å². The molecule has 0 aliphatic heterocycles. The normalized spacial score (nSPS) is 13.2. The maximum absolute atomic E-state index is 6.60. The molecule has 0 radical (unpaired) electrons. The molecular formula is C24H32O3P2. The number of benzene rings is 3. The third-order valence-electron chi connectivity index (χ3n) is 5.08. The summed E-state index contributed by atoms with van der Waals surface area (Å²) in [6.45, 7) is 4.94. The second kappa shape index (κ2) is 10.4. The molecule has 0 spiro atoms. The molecule has 3 aromatic carbocycles. The van der Waals surface area contributed by atoms with Gasteiger partial charge in [0.25, 0.3) is 0 Å². The van der Waals surface area contributed by atoms with Gasteiger partial charge in [0.1, 0.15) is 0 Å². The van der Waals surface area contributed by atoms with Crippen LogP contribution in [-0.4, -0.2) is 19.8 Å². The van der Waals surface area contributed by atoms with E-state index in [9.17, 15) is 0 Å². The summed E-state index contributed by atoms with van der Waals surface area (Å²) in [7, 11) is -3.16. The van der Waals surface area contributed by atoms with Gasteiger partial charge in [0.05, 0.1) is 0 Å². The van der Waals surface area contributed by atoms with E-state index < -0.39 is 14.6 Å². The Balaban J connectivity index is 2.47. The van der Waals surface area contributed by atoms with Gasteiger partial charge in [0.15, 0.2) is 0 Å². The molecule has 0 N–H and O–H groups in total. The summed E-state index contributed by atoms with van der Waals surface area (Å²) in [4.78, 5) is 0. The van der Waals surface area contributed by atoms with Gasteiger partial charge in [-0.2, -0.15) is 0 Å². The van der Waals surface area contributed by atoms with Crippen LogP contribution in [0.3, 0.4) is 0 Å². The average molecular weight is 430 g/mol. The SMILES string of the molecule is CCO[PH](OCC)(OCC)[PH](c1ccccc1)(c1ccccc1)c1ccccc1. The van der Waals surface area contributed by atoms with Crippen LogP contribution in [0.5, 0.6) is 0 Å². The van der Waals surface area contributed by atoms with Gasteiger partial charge in [0, 0.05) is 0 Å². The van der Waals surface area contributed by atoms with Gasteiger partial charge in [-0.15, -0.1) is 0 Å². The van der Waals surface area contributed by atoms with E-state index in [1.165, 1.54) is 15.9 Å². The van der Waals surface area contributed by atoms with Crippen molar-refractivity contribution in [1.29, 1.82) is 0 Å². The zero-order chi connectivity index (χ0) is 20.6. The molecule has 29 heavy (non-hydrogen) atoms. The summed E-state index contributed by atoms with van der Waals surface area (Å²) in [6.07, 6.45) is 0.